The van der Waals surface area contributed by atoms with Gasteiger partial charge in [-0.25, -0.2) is 0 Å². The normalized spacial score (nSPS) is 10.0. The number of fused-ring (bicyclic) bond motifs is 1. The van der Waals surface area contributed by atoms with Gasteiger partial charge >= 0.3 is 0 Å². The van der Waals surface area contributed by atoms with Crippen molar-refractivity contribution in [3.05, 3.63) is 72.4 Å². The van der Waals surface area contributed by atoms with Gasteiger partial charge in [0, 0.05) is 16.8 Å². The topological polar surface area (TPSA) is 4.93 Å². The Labute approximate surface area is 127 Å². The molecule has 1 heterocycles. The molecule has 108 valence electrons. The second kappa shape index (κ2) is 6.94. The summed E-state index contributed by atoms with van der Waals surface area (Å²) in [6.07, 6.45) is 3.18. The summed E-state index contributed by atoms with van der Waals surface area (Å²) in [5, 5.41) is 1.29. The number of aryl methyl sites for hydroxylation is 1. The second-order valence-corrected chi connectivity index (χ2v) is 5.11. The molecule has 0 amide bonds. The average Bonchev–Trinajstić information content (AvgIpc) is 2.82. The van der Waals surface area contributed by atoms with Crippen molar-refractivity contribution in [2.75, 3.05) is 0 Å². The molecule has 0 radical (unpaired) electrons. The van der Waals surface area contributed by atoms with Crippen LogP contribution in [-0.2, 0) is 0 Å². The largest absolute Gasteiger partial charge is 0.310 e. The van der Waals surface area contributed by atoms with Gasteiger partial charge in [0.2, 0.25) is 0 Å². The van der Waals surface area contributed by atoms with Gasteiger partial charge in [-0.1, -0.05) is 63.2 Å². The summed E-state index contributed by atoms with van der Waals surface area (Å²) in [6.45, 7) is 10.4. The molecule has 0 unspecified atom stereocenters. The summed E-state index contributed by atoms with van der Waals surface area (Å²) >= 11 is 0. The second-order valence-electron chi connectivity index (χ2n) is 5.11. The highest BCUT2D eigenvalue weighted by atomic mass is 15.0. The smallest absolute Gasteiger partial charge is 0.0537 e. The molecule has 1 aromatic heterocycles. The van der Waals surface area contributed by atoms with Crippen LogP contribution in [0.2, 0.25) is 0 Å². The lowest BCUT2D eigenvalue weighted by Gasteiger charge is -2.08. The van der Waals surface area contributed by atoms with E-state index >= 15 is 0 Å². The van der Waals surface area contributed by atoms with Crippen molar-refractivity contribution in [2.45, 2.75) is 27.2 Å². The fraction of sp³-hybridized carbons (Fsp3) is 0.200. The molecule has 0 aliphatic rings. The van der Waals surface area contributed by atoms with E-state index in [1.165, 1.54) is 34.3 Å². The summed E-state index contributed by atoms with van der Waals surface area (Å²) in [5.41, 5.74) is 4.86. The number of hydrogen-bond acceptors (Lipinski definition) is 0. The predicted molar refractivity (Wildman–Crippen MR) is 94.1 cm³/mol. The number of aromatic nitrogens is 1. The van der Waals surface area contributed by atoms with Crippen molar-refractivity contribution >= 4 is 17.0 Å². The predicted octanol–water partition coefficient (Wildman–Crippen LogP) is 6.00. The Morgan fingerprint density at radius 1 is 0.952 bits per heavy atom. The standard InChI is InChI=1S/C17H15N.C3H8/c1-3-16-13(2)15-11-7-8-12-17(15)18(16)14-9-5-4-6-10-14;1-3-2/h3-12H,1H2,2H3;3H2,1-2H3. The molecule has 0 aliphatic heterocycles. The third-order valence-electron chi connectivity index (χ3n) is 3.38. The molecule has 0 N–H and O–H groups in total. The van der Waals surface area contributed by atoms with Crippen molar-refractivity contribution < 1.29 is 0 Å². The maximum absolute atomic E-state index is 3.95. The zero-order valence-electron chi connectivity index (χ0n) is 13.1. The van der Waals surface area contributed by atoms with Gasteiger partial charge in [0.1, 0.15) is 0 Å². The van der Waals surface area contributed by atoms with Crippen LogP contribution in [0, 0.1) is 6.92 Å². The third-order valence-corrected chi connectivity index (χ3v) is 3.38. The van der Waals surface area contributed by atoms with E-state index in [0.29, 0.717) is 0 Å². The number of hydrogen-bond donors (Lipinski definition) is 0. The lowest BCUT2D eigenvalue weighted by Crippen LogP contribution is -1.96. The molecule has 1 nitrogen and oxygen atoms in total. The number of benzene rings is 2. The van der Waals surface area contributed by atoms with Crippen molar-refractivity contribution in [1.82, 2.24) is 4.57 Å². The summed E-state index contributed by atoms with van der Waals surface area (Å²) in [4.78, 5) is 0. The molecular formula is C20H23N. The molecule has 0 fully saturated rings. The van der Waals surface area contributed by atoms with Crippen LogP contribution in [0.15, 0.2) is 61.2 Å². The first kappa shape index (κ1) is 15.1. The summed E-state index contributed by atoms with van der Waals surface area (Å²) in [6, 6.07) is 18.9. The summed E-state index contributed by atoms with van der Waals surface area (Å²) in [5.74, 6) is 0. The van der Waals surface area contributed by atoms with Gasteiger partial charge in [0.05, 0.1) is 5.52 Å². The zero-order chi connectivity index (χ0) is 15.2. The fourth-order valence-corrected chi connectivity index (χ4v) is 2.52. The van der Waals surface area contributed by atoms with Gasteiger partial charge in [0.25, 0.3) is 0 Å². The van der Waals surface area contributed by atoms with Crippen LogP contribution < -0.4 is 0 Å². The highest BCUT2D eigenvalue weighted by Gasteiger charge is 2.12. The van der Waals surface area contributed by atoms with E-state index in [-0.39, 0.29) is 0 Å². The van der Waals surface area contributed by atoms with E-state index in [9.17, 15) is 0 Å². The molecular weight excluding hydrogens is 254 g/mol. The van der Waals surface area contributed by atoms with E-state index in [4.69, 9.17) is 0 Å². The molecule has 0 saturated heterocycles. The Morgan fingerprint density at radius 3 is 2.14 bits per heavy atom. The number of nitrogens with zero attached hydrogens (tertiary/aromatic N) is 1. The van der Waals surface area contributed by atoms with Crippen LogP contribution in [0.25, 0.3) is 22.7 Å². The van der Waals surface area contributed by atoms with Gasteiger partial charge in [-0.05, 0) is 36.8 Å². The fourth-order valence-electron chi connectivity index (χ4n) is 2.52. The molecule has 2 aromatic carbocycles. The van der Waals surface area contributed by atoms with Crippen molar-refractivity contribution in [3.8, 4) is 5.69 Å². The van der Waals surface area contributed by atoms with Crippen LogP contribution >= 0.6 is 0 Å². The molecule has 1 heteroatoms. The highest BCUT2D eigenvalue weighted by molar-refractivity contribution is 5.89. The summed E-state index contributed by atoms with van der Waals surface area (Å²) in [7, 11) is 0. The van der Waals surface area contributed by atoms with Gasteiger partial charge in [-0.3, -0.25) is 0 Å². The van der Waals surface area contributed by atoms with Crippen LogP contribution in [0.5, 0.6) is 0 Å². The van der Waals surface area contributed by atoms with Crippen molar-refractivity contribution in [2.24, 2.45) is 0 Å². The molecule has 21 heavy (non-hydrogen) atoms. The van der Waals surface area contributed by atoms with Crippen LogP contribution in [0.3, 0.4) is 0 Å². The molecule has 0 bridgehead atoms. The van der Waals surface area contributed by atoms with Crippen molar-refractivity contribution in [3.63, 3.8) is 0 Å². The Balaban J connectivity index is 0.000000497. The number of rotatable bonds is 2. The maximum Gasteiger partial charge on any atom is 0.0537 e. The minimum absolute atomic E-state index is 1.17. The molecule has 3 aromatic rings. The Morgan fingerprint density at radius 2 is 1.52 bits per heavy atom. The number of para-hydroxylation sites is 2. The highest BCUT2D eigenvalue weighted by Crippen LogP contribution is 2.29. The van der Waals surface area contributed by atoms with Crippen LogP contribution in [-0.4, -0.2) is 4.57 Å². The van der Waals surface area contributed by atoms with E-state index in [2.05, 4.69) is 80.4 Å². The van der Waals surface area contributed by atoms with E-state index < -0.39 is 0 Å². The third kappa shape index (κ3) is 2.92. The van der Waals surface area contributed by atoms with Gasteiger partial charge in [-0.2, -0.15) is 0 Å². The maximum atomic E-state index is 3.95. The molecule has 0 aliphatic carbocycles. The van der Waals surface area contributed by atoms with Crippen LogP contribution in [0.1, 0.15) is 31.5 Å². The van der Waals surface area contributed by atoms with E-state index in [1.807, 2.05) is 12.1 Å². The molecule has 3 rings (SSSR count). The first-order valence-electron chi connectivity index (χ1n) is 7.52. The van der Waals surface area contributed by atoms with E-state index in [0.717, 1.165) is 0 Å². The zero-order valence-corrected chi connectivity index (χ0v) is 13.1. The van der Waals surface area contributed by atoms with Crippen LogP contribution in [0.4, 0.5) is 0 Å². The SMILES string of the molecule is C=Cc1c(C)c2ccccc2n1-c1ccccc1.CCC. The molecule has 0 saturated carbocycles. The first-order chi connectivity index (χ1) is 10.2. The molecule has 0 spiro atoms. The lowest BCUT2D eigenvalue weighted by molar-refractivity contribution is 1.09. The Bertz CT molecular complexity index is 720. The van der Waals surface area contributed by atoms with E-state index in [1.54, 1.807) is 0 Å². The Kier molecular flexibility index (Phi) is 4.99. The minimum atomic E-state index is 1.17. The van der Waals surface area contributed by atoms with Crippen molar-refractivity contribution in [1.29, 1.82) is 0 Å². The lowest BCUT2D eigenvalue weighted by atomic mass is 10.1. The van der Waals surface area contributed by atoms with Gasteiger partial charge in [-0.15, -0.1) is 0 Å². The average molecular weight is 277 g/mol. The van der Waals surface area contributed by atoms with Gasteiger partial charge in [0.15, 0.2) is 0 Å². The molecule has 0 atom stereocenters. The monoisotopic (exact) mass is 277 g/mol. The first-order valence-corrected chi connectivity index (χ1v) is 7.52. The Hall–Kier alpha value is -2.28. The quantitative estimate of drug-likeness (QED) is 0.541. The summed E-state index contributed by atoms with van der Waals surface area (Å²) < 4.78 is 2.26. The van der Waals surface area contributed by atoms with Gasteiger partial charge < -0.3 is 4.57 Å². The minimum Gasteiger partial charge on any atom is -0.310 e.